The van der Waals surface area contributed by atoms with Crippen LogP contribution in [0.3, 0.4) is 0 Å². The minimum absolute atomic E-state index is 0.678. The van der Waals surface area contributed by atoms with Gasteiger partial charge in [-0.15, -0.1) is 4.91 Å². The molecule has 0 spiro atoms. The van der Waals surface area contributed by atoms with E-state index in [9.17, 15) is 4.91 Å². The third kappa shape index (κ3) is 3.90. The van der Waals surface area contributed by atoms with E-state index in [2.05, 4.69) is 10.7 Å². The Morgan fingerprint density at radius 3 is 2.56 bits per heavy atom. The number of nitrogens with zero attached hydrogens (tertiary/aromatic N) is 2. The van der Waals surface area contributed by atoms with Crippen LogP contribution in [0.4, 0.5) is 0 Å². The first-order valence-electron chi connectivity index (χ1n) is 3.19. The lowest BCUT2D eigenvalue weighted by atomic mass is 10.5. The summed E-state index contributed by atoms with van der Waals surface area (Å²) in [5.41, 5.74) is 2.79. The molecule has 0 aliphatic heterocycles. The fraction of sp³-hybridized carbons (Fsp3) is 1.00. The smallest absolute Gasteiger partial charge is 0.0684 e. The molecule has 0 aliphatic carbocycles. The molecule has 0 aromatic carbocycles. The highest BCUT2D eigenvalue weighted by molar-refractivity contribution is 4.40. The van der Waals surface area contributed by atoms with E-state index in [1.807, 2.05) is 13.8 Å². The van der Waals surface area contributed by atoms with Crippen LogP contribution in [0.15, 0.2) is 5.29 Å². The minimum Gasteiger partial charge on any atom is -0.216 e. The summed E-state index contributed by atoms with van der Waals surface area (Å²) in [7, 11) is 0. The van der Waals surface area contributed by atoms with Gasteiger partial charge in [0.2, 0.25) is 0 Å². The van der Waals surface area contributed by atoms with Crippen LogP contribution in [-0.2, 0) is 0 Å². The lowest BCUT2D eigenvalue weighted by Gasteiger charge is -2.12. The Kier molecular flexibility index (Phi) is 5.11. The highest BCUT2D eigenvalue weighted by Gasteiger charge is 1.94. The third-order valence-electron chi connectivity index (χ3n) is 0.875. The van der Waals surface area contributed by atoms with Crippen molar-refractivity contribution in [3.63, 3.8) is 0 Å². The molecule has 0 saturated heterocycles. The van der Waals surface area contributed by atoms with Crippen molar-refractivity contribution in [2.45, 2.75) is 20.3 Å². The van der Waals surface area contributed by atoms with E-state index in [1.165, 1.54) is 5.12 Å². The van der Waals surface area contributed by atoms with Gasteiger partial charge in [0.05, 0.1) is 11.8 Å². The highest BCUT2D eigenvalue weighted by Crippen LogP contribution is 1.84. The summed E-state index contributed by atoms with van der Waals surface area (Å²) in [5.74, 6) is 0. The molecule has 4 nitrogen and oxygen atoms in total. The van der Waals surface area contributed by atoms with Gasteiger partial charge in [0.25, 0.3) is 0 Å². The predicted molar refractivity (Wildman–Crippen MR) is 36.5 cm³/mol. The predicted octanol–water partition coefficient (Wildman–Crippen LogP) is 0.904. The van der Waals surface area contributed by atoms with Crippen molar-refractivity contribution in [3.05, 3.63) is 4.91 Å². The molecule has 0 amide bonds. The Labute approximate surface area is 55.1 Å². The molecule has 0 bridgehead atoms. The van der Waals surface area contributed by atoms with Crippen molar-refractivity contribution in [2.24, 2.45) is 5.29 Å². The molecule has 54 valence electrons. The summed E-state index contributed by atoms with van der Waals surface area (Å²) in [5, 5.41) is 4.05. The van der Waals surface area contributed by atoms with Crippen molar-refractivity contribution < 1.29 is 0 Å². The van der Waals surface area contributed by atoms with Gasteiger partial charge >= 0.3 is 0 Å². The monoisotopic (exact) mass is 131 g/mol. The molecule has 0 unspecified atom stereocenters. The molecule has 4 heteroatoms. The second-order valence-electron chi connectivity index (χ2n) is 1.72. The van der Waals surface area contributed by atoms with Gasteiger partial charge < -0.3 is 0 Å². The summed E-state index contributed by atoms with van der Waals surface area (Å²) >= 11 is 0. The van der Waals surface area contributed by atoms with Crippen LogP contribution in [-0.4, -0.2) is 18.2 Å². The van der Waals surface area contributed by atoms with Gasteiger partial charge in [-0.2, -0.15) is 5.12 Å². The Morgan fingerprint density at radius 1 is 1.56 bits per heavy atom. The molecule has 0 aromatic heterocycles. The molecular formula is C5H13N3O. The van der Waals surface area contributed by atoms with Gasteiger partial charge in [0.1, 0.15) is 0 Å². The van der Waals surface area contributed by atoms with Crippen molar-refractivity contribution >= 4 is 0 Å². The molecule has 0 radical (unpaired) electrons. The SMILES string of the molecule is CCCN(N=O)NCC. The van der Waals surface area contributed by atoms with Gasteiger partial charge in [-0.05, 0) is 6.42 Å². The lowest BCUT2D eigenvalue weighted by molar-refractivity contribution is 0.198. The maximum atomic E-state index is 9.90. The van der Waals surface area contributed by atoms with Gasteiger partial charge in [-0.1, -0.05) is 13.8 Å². The summed E-state index contributed by atoms with van der Waals surface area (Å²) in [6.45, 7) is 5.34. The highest BCUT2D eigenvalue weighted by atomic mass is 16.3. The Hall–Kier alpha value is -0.640. The van der Waals surface area contributed by atoms with Crippen molar-refractivity contribution in [1.29, 1.82) is 0 Å². The Bertz CT molecular complexity index is 70.6. The molecule has 0 fully saturated rings. The van der Waals surface area contributed by atoms with Gasteiger partial charge in [0, 0.05) is 6.54 Å². The number of hydrazine groups is 1. The van der Waals surface area contributed by atoms with E-state index in [-0.39, 0.29) is 0 Å². The topological polar surface area (TPSA) is 44.7 Å². The number of nitroso groups, excluding NO2 is 1. The second-order valence-corrected chi connectivity index (χ2v) is 1.72. The fourth-order valence-corrected chi connectivity index (χ4v) is 0.543. The number of hydrogen-bond acceptors (Lipinski definition) is 3. The van der Waals surface area contributed by atoms with E-state index in [1.54, 1.807) is 0 Å². The van der Waals surface area contributed by atoms with Crippen molar-refractivity contribution in [3.8, 4) is 0 Å². The zero-order chi connectivity index (χ0) is 7.11. The van der Waals surface area contributed by atoms with E-state index in [4.69, 9.17) is 0 Å². The molecule has 0 aliphatic rings. The van der Waals surface area contributed by atoms with Crippen LogP contribution >= 0.6 is 0 Å². The molecule has 0 aromatic rings. The van der Waals surface area contributed by atoms with Crippen LogP contribution < -0.4 is 5.43 Å². The Balaban J connectivity index is 3.29. The quantitative estimate of drug-likeness (QED) is 0.445. The number of nitrogens with one attached hydrogen (secondary N) is 1. The minimum atomic E-state index is 0.678. The first-order valence-corrected chi connectivity index (χ1v) is 3.19. The van der Waals surface area contributed by atoms with Crippen molar-refractivity contribution in [1.82, 2.24) is 10.5 Å². The van der Waals surface area contributed by atoms with Crippen LogP contribution in [0.2, 0.25) is 0 Å². The van der Waals surface area contributed by atoms with Crippen LogP contribution in [0.25, 0.3) is 0 Å². The normalized spacial score (nSPS) is 9.11. The van der Waals surface area contributed by atoms with Crippen LogP contribution in [0.5, 0.6) is 0 Å². The molecule has 9 heavy (non-hydrogen) atoms. The summed E-state index contributed by atoms with van der Waals surface area (Å²) in [4.78, 5) is 9.90. The Morgan fingerprint density at radius 2 is 2.22 bits per heavy atom. The van der Waals surface area contributed by atoms with E-state index in [0.29, 0.717) is 6.54 Å². The summed E-state index contributed by atoms with van der Waals surface area (Å²) in [6, 6.07) is 0. The molecule has 0 saturated carbocycles. The van der Waals surface area contributed by atoms with Crippen LogP contribution in [0, 0.1) is 4.91 Å². The molecule has 0 atom stereocenters. The molecule has 0 rings (SSSR count). The molecular weight excluding hydrogens is 118 g/mol. The van der Waals surface area contributed by atoms with Crippen molar-refractivity contribution in [2.75, 3.05) is 13.1 Å². The maximum absolute atomic E-state index is 9.90. The molecule has 0 heterocycles. The average molecular weight is 131 g/mol. The zero-order valence-electron chi connectivity index (χ0n) is 5.92. The average Bonchev–Trinajstić information content (AvgIpc) is 1.88. The van der Waals surface area contributed by atoms with Crippen LogP contribution in [0.1, 0.15) is 20.3 Å². The van der Waals surface area contributed by atoms with E-state index < -0.39 is 0 Å². The first kappa shape index (κ1) is 8.36. The zero-order valence-corrected chi connectivity index (χ0v) is 5.92. The van der Waals surface area contributed by atoms with Gasteiger partial charge in [-0.3, -0.25) is 0 Å². The summed E-state index contributed by atoms with van der Waals surface area (Å²) < 4.78 is 0. The van der Waals surface area contributed by atoms with E-state index in [0.717, 1.165) is 13.0 Å². The molecule has 1 N–H and O–H groups in total. The summed E-state index contributed by atoms with van der Waals surface area (Å²) in [6.07, 6.45) is 0.929. The fourth-order valence-electron chi connectivity index (χ4n) is 0.543. The third-order valence-corrected chi connectivity index (χ3v) is 0.875. The maximum Gasteiger partial charge on any atom is 0.0684 e. The largest absolute Gasteiger partial charge is 0.216 e. The van der Waals surface area contributed by atoms with Gasteiger partial charge in [0.15, 0.2) is 0 Å². The lowest BCUT2D eigenvalue weighted by Crippen LogP contribution is -2.33. The second kappa shape index (κ2) is 5.50. The van der Waals surface area contributed by atoms with E-state index >= 15 is 0 Å². The number of rotatable bonds is 5. The first-order chi connectivity index (χ1) is 4.35. The van der Waals surface area contributed by atoms with Gasteiger partial charge in [-0.25, -0.2) is 5.43 Å². The number of hydrogen-bond donors (Lipinski definition) is 1. The standard InChI is InChI=1S/C5H13N3O/c1-3-5-8(7-9)6-4-2/h6H,3-5H2,1-2H3.